The maximum absolute atomic E-state index is 12.9. The average Bonchev–Trinajstić information content (AvgIpc) is 3.21. The highest BCUT2D eigenvalue weighted by atomic mass is 19.4. The number of alkyl carbamates (subject to hydrolysis) is 2. The first-order valence-corrected chi connectivity index (χ1v) is 10.5. The molecular weight excluding hydrogens is 441 g/mol. The van der Waals surface area contributed by atoms with Gasteiger partial charge in [0.15, 0.2) is 0 Å². The van der Waals surface area contributed by atoms with E-state index < -0.39 is 35.7 Å². The number of imidazole rings is 1. The number of hydrogen-bond donors (Lipinski definition) is 3. The fourth-order valence-corrected chi connectivity index (χ4v) is 2.82. The lowest BCUT2D eigenvalue weighted by atomic mass is 10.1. The summed E-state index contributed by atoms with van der Waals surface area (Å²) in [5.74, 6) is -0.0286. The maximum Gasteiger partial charge on any atom is 0.432 e. The van der Waals surface area contributed by atoms with Gasteiger partial charge in [0.25, 0.3) is 0 Å². The van der Waals surface area contributed by atoms with Gasteiger partial charge in [-0.1, -0.05) is 30.3 Å². The monoisotopic (exact) mass is 470 g/mol. The lowest BCUT2D eigenvalue weighted by Crippen LogP contribution is -2.33. The first kappa shape index (κ1) is 26.0. The molecular formula is C22H29F3N4O4. The summed E-state index contributed by atoms with van der Waals surface area (Å²) < 4.78 is 49.1. The SMILES string of the molecule is CC(C)(C)OC(=O)NCCCC[C@H](NC(=O)OCc1ccccc1)c1ncc(C(F)(F)F)[nH]1. The van der Waals surface area contributed by atoms with Gasteiger partial charge in [0, 0.05) is 6.54 Å². The number of H-pyrrole nitrogens is 1. The van der Waals surface area contributed by atoms with Crippen molar-refractivity contribution < 1.29 is 32.2 Å². The van der Waals surface area contributed by atoms with E-state index in [1.165, 1.54) is 0 Å². The molecule has 0 aliphatic rings. The van der Waals surface area contributed by atoms with Crippen molar-refractivity contribution in [2.75, 3.05) is 6.54 Å². The van der Waals surface area contributed by atoms with Crippen LogP contribution >= 0.6 is 0 Å². The number of unbranched alkanes of at least 4 members (excludes halogenated alkanes) is 1. The molecule has 2 rings (SSSR count). The summed E-state index contributed by atoms with van der Waals surface area (Å²) in [5, 5.41) is 5.18. The smallest absolute Gasteiger partial charge is 0.432 e. The number of ether oxygens (including phenoxy) is 2. The minimum atomic E-state index is -4.58. The first-order valence-electron chi connectivity index (χ1n) is 10.5. The highest BCUT2D eigenvalue weighted by molar-refractivity contribution is 5.68. The first-order chi connectivity index (χ1) is 15.4. The second kappa shape index (κ2) is 11.6. The molecule has 0 radical (unpaired) electrons. The quantitative estimate of drug-likeness (QED) is 0.443. The number of nitrogens with one attached hydrogen (secondary N) is 3. The third-order valence-corrected chi connectivity index (χ3v) is 4.32. The Balaban J connectivity index is 1.91. The molecule has 1 heterocycles. The molecule has 11 heteroatoms. The summed E-state index contributed by atoms with van der Waals surface area (Å²) >= 11 is 0. The van der Waals surface area contributed by atoms with E-state index >= 15 is 0 Å². The van der Waals surface area contributed by atoms with Gasteiger partial charge < -0.3 is 25.1 Å². The lowest BCUT2D eigenvalue weighted by Gasteiger charge is -2.20. The number of benzene rings is 1. The van der Waals surface area contributed by atoms with Crippen molar-refractivity contribution in [2.24, 2.45) is 0 Å². The van der Waals surface area contributed by atoms with Gasteiger partial charge in [0.05, 0.1) is 12.2 Å². The average molecular weight is 470 g/mol. The van der Waals surface area contributed by atoms with Crippen LogP contribution in [0.2, 0.25) is 0 Å². The molecule has 1 atom stereocenters. The number of carbonyl (C=O) groups excluding carboxylic acids is 2. The number of carbonyl (C=O) groups is 2. The third-order valence-electron chi connectivity index (χ3n) is 4.32. The van der Waals surface area contributed by atoms with Crippen molar-refractivity contribution in [1.82, 2.24) is 20.6 Å². The van der Waals surface area contributed by atoms with E-state index in [1.54, 1.807) is 45.0 Å². The normalized spacial score (nSPS) is 12.7. The topological polar surface area (TPSA) is 105 Å². The number of amides is 2. The Morgan fingerprint density at radius 3 is 2.39 bits per heavy atom. The Labute approximate surface area is 190 Å². The molecule has 182 valence electrons. The largest absolute Gasteiger partial charge is 0.445 e. The van der Waals surface area contributed by atoms with Crippen LogP contribution in [-0.2, 0) is 22.3 Å². The minimum absolute atomic E-state index is 0.0190. The number of nitrogens with zero attached hydrogens (tertiary/aromatic N) is 1. The Hall–Kier alpha value is -3.24. The summed E-state index contributed by atoms with van der Waals surface area (Å²) in [6.07, 6.45) is -3.95. The fraction of sp³-hybridized carbons (Fsp3) is 0.500. The number of hydrogen-bond acceptors (Lipinski definition) is 5. The molecule has 1 aromatic heterocycles. The number of halogens is 3. The molecule has 3 N–H and O–H groups in total. The second-order valence-electron chi connectivity index (χ2n) is 8.36. The van der Waals surface area contributed by atoms with Gasteiger partial charge in [-0.25, -0.2) is 14.6 Å². The standard InChI is InChI=1S/C22H29F3N4O4/c1-21(2,3)33-19(30)26-12-8-7-11-16(18-27-13-17(29-18)22(23,24)25)28-20(31)32-14-15-9-5-4-6-10-15/h4-6,9-10,13,16H,7-8,11-12,14H2,1-3H3,(H,26,30)(H,27,29)(H,28,31)/t16-/m0/s1. The van der Waals surface area contributed by atoms with E-state index in [9.17, 15) is 22.8 Å². The molecule has 2 aromatic rings. The molecule has 0 saturated heterocycles. The van der Waals surface area contributed by atoms with Crippen LogP contribution < -0.4 is 10.6 Å². The maximum atomic E-state index is 12.9. The number of rotatable bonds is 9. The molecule has 0 unspecified atom stereocenters. The molecule has 0 fully saturated rings. The van der Waals surface area contributed by atoms with Gasteiger partial charge in [-0.2, -0.15) is 13.2 Å². The van der Waals surface area contributed by atoms with E-state index in [4.69, 9.17) is 9.47 Å². The molecule has 0 aliphatic heterocycles. The molecule has 0 saturated carbocycles. The summed E-state index contributed by atoms with van der Waals surface area (Å²) in [6, 6.07) is 8.16. The Bertz CT molecular complexity index is 895. The fourth-order valence-electron chi connectivity index (χ4n) is 2.82. The van der Waals surface area contributed by atoms with Gasteiger partial charge in [0.2, 0.25) is 0 Å². The van der Waals surface area contributed by atoms with E-state index in [2.05, 4.69) is 20.6 Å². The van der Waals surface area contributed by atoms with Crippen LogP contribution in [0.5, 0.6) is 0 Å². The predicted molar refractivity (Wildman–Crippen MR) is 114 cm³/mol. The van der Waals surface area contributed by atoms with Crippen LogP contribution in [0.1, 0.15) is 63.2 Å². The van der Waals surface area contributed by atoms with Crippen LogP contribution in [0.25, 0.3) is 0 Å². The van der Waals surface area contributed by atoms with Crippen LogP contribution in [0.3, 0.4) is 0 Å². The molecule has 1 aromatic carbocycles. The highest BCUT2D eigenvalue weighted by Crippen LogP contribution is 2.29. The van der Waals surface area contributed by atoms with Crippen molar-refractivity contribution in [3.63, 3.8) is 0 Å². The van der Waals surface area contributed by atoms with Crippen molar-refractivity contribution in [2.45, 2.75) is 64.5 Å². The van der Waals surface area contributed by atoms with E-state index in [0.29, 0.717) is 25.6 Å². The van der Waals surface area contributed by atoms with Crippen LogP contribution in [0, 0.1) is 0 Å². The van der Waals surface area contributed by atoms with Gasteiger partial charge in [0.1, 0.15) is 23.7 Å². The minimum Gasteiger partial charge on any atom is -0.445 e. The number of aromatic nitrogens is 2. The summed E-state index contributed by atoms with van der Waals surface area (Å²) in [4.78, 5) is 29.9. The Morgan fingerprint density at radius 1 is 1.09 bits per heavy atom. The Kier molecular flexibility index (Phi) is 9.12. The zero-order valence-electron chi connectivity index (χ0n) is 18.8. The van der Waals surface area contributed by atoms with Gasteiger partial charge in [-0.3, -0.25) is 0 Å². The molecule has 8 nitrogen and oxygen atoms in total. The van der Waals surface area contributed by atoms with Crippen molar-refractivity contribution in [1.29, 1.82) is 0 Å². The molecule has 33 heavy (non-hydrogen) atoms. The molecule has 0 bridgehead atoms. The lowest BCUT2D eigenvalue weighted by molar-refractivity contribution is -0.141. The zero-order chi connectivity index (χ0) is 24.5. The van der Waals surface area contributed by atoms with Crippen molar-refractivity contribution >= 4 is 12.2 Å². The van der Waals surface area contributed by atoms with Crippen molar-refractivity contribution in [3.05, 3.63) is 53.6 Å². The van der Waals surface area contributed by atoms with Crippen molar-refractivity contribution in [3.8, 4) is 0 Å². The number of alkyl halides is 3. The van der Waals surface area contributed by atoms with Crippen LogP contribution in [0.15, 0.2) is 36.5 Å². The van der Waals surface area contributed by atoms with E-state index in [0.717, 1.165) is 5.56 Å². The van der Waals surface area contributed by atoms with Crippen LogP contribution in [-0.4, -0.2) is 34.3 Å². The van der Waals surface area contributed by atoms with Gasteiger partial charge >= 0.3 is 18.4 Å². The second-order valence-corrected chi connectivity index (χ2v) is 8.36. The van der Waals surface area contributed by atoms with E-state index in [1.807, 2.05) is 6.07 Å². The highest BCUT2D eigenvalue weighted by Gasteiger charge is 2.34. The van der Waals surface area contributed by atoms with Gasteiger partial charge in [-0.15, -0.1) is 0 Å². The molecule has 2 amide bonds. The number of aromatic amines is 1. The molecule has 0 spiro atoms. The molecule has 0 aliphatic carbocycles. The summed E-state index contributed by atoms with van der Waals surface area (Å²) in [6.45, 7) is 5.58. The third kappa shape index (κ3) is 9.84. The predicted octanol–water partition coefficient (Wildman–Crippen LogP) is 5.09. The zero-order valence-corrected chi connectivity index (χ0v) is 18.8. The van der Waals surface area contributed by atoms with E-state index in [-0.39, 0.29) is 18.9 Å². The van der Waals surface area contributed by atoms with Crippen LogP contribution in [0.4, 0.5) is 22.8 Å². The van der Waals surface area contributed by atoms with Gasteiger partial charge in [-0.05, 0) is 45.6 Å². The summed E-state index contributed by atoms with van der Waals surface area (Å²) in [5.41, 5.74) is -0.849. The Morgan fingerprint density at radius 2 is 1.79 bits per heavy atom. The summed E-state index contributed by atoms with van der Waals surface area (Å²) in [7, 11) is 0.